The highest BCUT2D eigenvalue weighted by atomic mass is 35.5. The number of carbonyl (C=O) groups excluding carboxylic acids is 3. The average Bonchev–Trinajstić information content (AvgIpc) is 2.93. The van der Waals surface area contributed by atoms with Crippen LogP contribution in [0.3, 0.4) is 0 Å². The topological polar surface area (TPSA) is 78.5 Å². The maximum absolute atomic E-state index is 12.2. The molecule has 134 valence electrons. The molecule has 0 saturated carbocycles. The largest absolute Gasteiger partial charge is 0.329 e. The Morgan fingerprint density at radius 1 is 1.15 bits per heavy atom. The first kappa shape index (κ1) is 17.9. The number of hydrogen-bond donors (Lipinski definition) is 2. The molecule has 1 aliphatic heterocycles. The summed E-state index contributed by atoms with van der Waals surface area (Å²) in [6.07, 6.45) is 0.856. The van der Waals surface area contributed by atoms with E-state index in [9.17, 15) is 14.4 Å². The molecular weight excluding hydrogens is 354 g/mol. The Bertz CT molecular complexity index is 837. The lowest BCUT2D eigenvalue weighted by atomic mass is 10.1. The zero-order valence-corrected chi connectivity index (χ0v) is 14.8. The third-order valence-electron chi connectivity index (χ3n) is 4.07. The molecule has 7 heteroatoms. The van der Waals surface area contributed by atoms with Gasteiger partial charge in [-0.25, -0.2) is 4.79 Å². The van der Waals surface area contributed by atoms with Crippen molar-refractivity contribution in [1.29, 1.82) is 0 Å². The van der Waals surface area contributed by atoms with Gasteiger partial charge in [-0.3, -0.25) is 14.5 Å². The number of rotatable bonds is 6. The number of imide groups is 1. The highest BCUT2D eigenvalue weighted by molar-refractivity contribution is 6.31. The smallest absolute Gasteiger partial charge is 0.324 e. The molecule has 26 heavy (non-hydrogen) atoms. The van der Waals surface area contributed by atoms with Crippen LogP contribution in [0.4, 0.5) is 10.5 Å². The molecule has 4 amide bonds. The van der Waals surface area contributed by atoms with E-state index in [1.54, 1.807) is 30.3 Å². The Hall–Kier alpha value is -2.86. The number of benzene rings is 2. The van der Waals surface area contributed by atoms with E-state index < -0.39 is 6.03 Å². The zero-order chi connectivity index (χ0) is 18.5. The van der Waals surface area contributed by atoms with Gasteiger partial charge in [-0.1, -0.05) is 41.9 Å². The van der Waals surface area contributed by atoms with Crippen molar-refractivity contribution in [3.05, 3.63) is 64.7 Å². The van der Waals surface area contributed by atoms with Crippen molar-refractivity contribution in [1.82, 2.24) is 10.2 Å². The van der Waals surface area contributed by atoms with E-state index >= 15 is 0 Å². The Morgan fingerprint density at radius 2 is 1.96 bits per heavy atom. The first-order valence-electron chi connectivity index (χ1n) is 8.23. The summed E-state index contributed by atoms with van der Waals surface area (Å²) in [5.74, 6) is -0.388. The Balaban J connectivity index is 1.58. The molecule has 0 aliphatic carbocycles. The molecule has 1 fully saturated rings. The minimum absolute atomic E-state index is 0.0251. The number of nitrogens with zero attached hydrogens (tertiary/aromatic N) is 1. The van der Waals surface area contributed by atoms with Crippen LogP contribution >= 0.6 is 11.6 Å². The van der Waals surface area contributed by atoms with Crippen LogP contribution in [0.25, 0.3) is 0 Å². The number of carbonyl (C=O) groups is 3. The van der Waals surface area contributed by atoms with Crippen LogP contribution in [0.1, 0.15) is 17.5 Å². The zero-order valence-electron chi connectivity index (χ0n) is 14.0. The normalized spacial score (nSPS) is 13.7. The fourth-order valence-electron chi connectivity index (χ4n) is 2.72. The predicted molar refractivity (Wildman–Crippen MR) is 98.8 cm³/mol. The van der Waals surface area contributed by atoms with Crippen LogP contribution < -0.4 is 10.6 Å². The molecule has 0 unspecified atom stereocenters. The van der Waals surface area contributed by atoms with Gasteiger partial charge in [0, 0.05) is 17.1 Å². The van der Waals surface area contributed by atoms with Crippen molar-refractivity contribution >= 4 is 35.1 Å². The van der Waals surface area contributed by atoms with Gasteiger partial charge in [0.25, 0.3) is 0 Å². The molecule has 0 atom stereocenters. The summed E-state index contributed by atoms with van der Waals surface area (Å²) in [6.45, 7) is 0.200. The molecule has 1 aliphatic rings. The second kappa shape index (κ2) is 8.01. The maximum atomic E-state index is 12.2. The Morgan fingerprint density at radius 3 is 2.69 bits per heavy atom. The van der Waals surface area contributed by atoms with Crippen LogP contribution in [-0.2, 0) is 22.6 Å². The molecule has 0 aromatic heterocycles. The van der Waals surface area contributed by atoms with E-state index in [0.717, 1.165) is 16.0 Å². The van der Waals surface area contributed by atoms with Crippen molar-refractivity contribution < 1.29 is 14.4 Å². The van der Waals surface area contributed by atoms with Crippen molar-refractivity contribution in [3.8, 4) is 0 Å². The van der Waals surface area contributed by atoms with Gasteiger partial charge < -0.3 is 10.6 Å². The highest BCUT2D eigenvalue weighted by Gasteiger charge is 2.28. The molecular formula is C19H18ClN3O3. The van der Waals surface area contributed by atoms with Gasteiger partial charge in [-0.2, -0.15) is 0 Å². The van der Waals surface area contributed by atoms with Crippen LogP contribution in [0.15, 0.2) is 48.5 Å². The van der Waals surface area contributed by atoms with Gasteiger partial charge in [0.15, 0.2) is 0 Å². The number of halogens is 1. The summed E-state index contributed by atoms with van der Waals surface area (Å²) >= 11 is 6.10. The monoisotopic (exact) mass is 371 g/mol. The Kier molecular flexibility index (Phi) is 5.53. The molecule has 1 heterocycles. The summed E-state index contributed by atoms with van der Waals surface area (Å²) in [6, 6.07) is 14.1. The van der Waals surface area contributed by atoms with Gasteiger partial charge in [-0.05, 0) is 35.7 Å². The Labute approximate surface area is 156 Å². The van der Waals surface area contributed by atoms with E-state index in [1.807, 2.05) is 18.2 Å². The first-order valence-corrected chi connectivity index (χ1v) is 8.61. The molecule has 1 saturated heterocycles. The molecule has 2 aromatic rings. The van der Waals surface area contributed by atoms with Crippen LogP contribution in [0, 0.1) is 0 Å². The minimum atomic E-state index is -0.399. The number of aryl methyl sites for hydroxylation is 1. The van der Waals surface area contributed by atoms with E-state index in [1.165, 1.54) is 0 Å². The molecule has 2 N–H and O–H groups in total. The number of amides is 4. The second-order valence-corrected chi connectivity index (χ2v) is 6.39. The van der Waals surface area contributed by atoms with Gasteiger partial charge >= 0.3 is 6.03 Å². The third kappa shape index (κ3) is 4.40. The lowest BCUT2D eigenvalue weighted by Gasteiger charge is -2.13. The lowest BCUT2D eigenvalue weighted by molar-refractivity contribution is -0.125. The van der Waals surface area contributed by atoms with E-state index in [2.05, 4.69) is 10.6 Å². The van der Waals surface area contributed by atoms with Crippen molar-refractivity contribution in [2.75, 3.05) is 11.9 Å². The molecule has 6 nitrogen and oxygen atoms in total. The number of anilines is 1. The van der Waals surface area contributed by atoms with Gasteiger partial charge in [0.05, 0.1) is 13.1 Å². The number of hydrogen-bond acceptors (Lipinski definition) is 3. The SMILES string of the molecule is O=C(CCc1ccccc1Cl)Nc1cccc(CN2C(=O)CNC2=O)c1. The predicted octanol–water partition coefficient (Wildman–Crippen LogP) is 2.96. The second-order valence-electron chi connectivity index (χ2n) is 5.98. The first-order chi connectivity index (χ1) is 12.5. The van der Waals surface area contributed by atoms with Crippen LogP contribution in [-0.4, -0.2) is 29.3 Å². The summed E-state index contributed by atoms with van der Waals surface area (Å²) in [4.78, 5) is 36.6. The van der Waals surface area contributed by atoms with E-state index in [-0.39, 0.29) is 24.9 Å². The van der Waals surface area contributed by atoms with Gasteiger partial charge in [-0.15, -0.1) is 0 Å². The van der Waals surface area contributed by atoms with Crippen LogP contribution in [0.5, 0.6) is 0 Å². The van der Waals surface area contributed by atoms with Crippen molar-refractivity contribution in [3.63, 3.8) is 0 Å². The summed E-state index contributed by atoms with van der Waals surface area (Å²) in [7, 11) is 0. The fraction of sp³-hybridized carbons (Fsp3) is 0.211. The standard InChI is InChI=1S/C19H18ClN3O3/c20-16-7-2-1-5-14(16)8-9-17(24)22-15-6-3-4-13(10-15)12-23-18(25)11-21-19(23)26/h1-7,10H,8-9,11-12H2,(H,21,26)(H,22,24). The van der Waals surface area contributed by atoms with E-state index in [0.29, 0.717) is 23.6 Å². The maximum Gasteiger partial charge on any atom is 0.324 e. The van der Waals surface area contributed by atoms with Crippen LogP contribution in [0.2, 0.25) is 5.02 Å². The highest BCUT2D eigenvalue weighted by Crippen LogP contribution is 2.18. The third-order valence-corrected chi connectivity index (χ3v) is 4.44. The molecule has 0 radical (unpaired) electrons. The number of nitrogens with one attached hydrogen (secondary N) is 2. The quantitative estimate of drug-likeness (QED) is 0.766. The van der Waals surface area contributed by atoms with E-state index in [4.69, 9.17) is 11.6 Å². The molecule has 2 aromatic carbocycles. The minimum Gasteiger partial charge on any atom is -0.329 e. The molecule has 3 rings (SSSR count). The number of urea groups is 1. The van der Waals surface area contributed by atoms with Crippen molar-refractivity contribution in [2.24, 2.45) is 0 Å². The fourth-order valence-corrected chi connectivity index (χ4v) is 2.95. The summed E-state index contributed by atoms with van der Waals surface area (Å²) < 4.78 is 0. The summed E-state index contributed by atoms with van der Waals surface area (Å²) in [5.41, 5.74) is 2.31. The average molecular weight is 372 g/mol. The van der Waals surface area contributed by atoms with Gasteiger partial charge in [0.2, 0.25) is 11.8 Å². The van der Waals surface area contributed by atoms with Crippen molar-refractivity contribution in [2.45, 2.75) is 19.4 Å². The molecule has 0 spiro atoms. The summed E-state index contributed by atoms with van der Waals surface area (Å²) in [5, 5.41) is 5.96. The lowest BCUT2D eigenvalue weighted by Crippen LogP contribution is -2.30. The molecule has 0 bridgehead atoms. The van der Waals surface area contributed by atoms with Gasteiger partial charge in [0.1, 0.15) is 0 Å².